The van der Waals surface area contributed by atoms with E-state index in [2.05, 4.69) is 86.4 Å². The number of ether oxygens (including phenoxy) is 7. The summed E-state index contributed by atoms with van der Waals surface area (Å²) in [6, 6.07) is 9.60. The van der Waals surface area contributed by atoms with E-state index < -0.39 is 52.3 Å². The fraction of sp³-hybridized carbons (Fsp3) is 0.558. The Morgan fingerprint density at radius 2 is 1.20 bits per heavy atom. The highest BCUT2D eigenvalue weighted by atomic mass is 79.9. The number of benzene rings is 1. The molecule has 0 aromatic heterocycles. The van der Waals surface area contributed by atoms with Crippen LogP contribution >= 0.6 is 31.9 Å². The van der Waals surface area contributed by atoms with Gasteiger partial charge in [0, 0.05) is 28.7 Å². The van der Waals surface area contributed by atoms with Gasteiger partial charge in [-0.25, -0.2) is 19.2 Å². The van der Waals surface area contributed by atoms with E-state index in [1.165, 1.54) is 21.3 Å². The molecular formula is C43H65Br2N3O13. The van der Waals surface area contributed by atoms with Gasteiger partial charge >= 0.3 is 36.3 Å². The number of aliphatic imine (C=N–C) groups is 1. The minimum atomic E-state index is -1.06. The van der Waals surface area contributed by atoms with E-state index >= 15 is 0 Å². The first-order valence-corrected chi connectivity index (χ1v) is 21.1. The summed E-state index contributed by atoms with van der Waals surface area (Å²) in [4.78, 5) is 70.7. The Balaban J connectivity index is 0. The molecular weight excluding hydrogens is 926 g/mol. The predicted octanol–water partition coefficient (Wildman–Crippen LogP) is 8.18. The summed E-state index contributed by atoms with van der Waals surface area (Å²) in [5.41, 5.74) is 2.86. The van der Waals surface area contributed by atoms with Crippen molar-refractivity contribution >= 4 is 74.4 Å². The van der Waals surface area contributed by atoms with Crippen LogP contribution in [-0.2, 0) is 47.5 Å². The van der Waals surface area contributed by atoms with Crippen LogP contribution in [0, 0.1) is 11.8 Å². The molecule has 2 saturated carbocycles. The van der Waals surface area contributed by atoms with E-state index in [4.69, 9.17) is 19.9 Å². The first-order valence-electron chi connectivity index (χ1n) is 18.9. The van der Waals surface area contributed by atoms with Crippen LogP contribution in [0.5, 0.6) is 0 Å². The van der Waals surface area contributed by atoms with Gasteiger partial charge in [0.15, 0.2) is 0 Å². The summed E-state index contributed by atoms with van der Waals surface area (Å²) >= 11 is 6.49. The van der Waals surface area contributed by atoms with Gasteiger partial charge in [0.2, 0.25) is 0 Å². The lowest BCUT2D eigenvalue weighted by Gasteiger charge is -2.22. The number of halogens is 2. The molecule has 3 N–H and O–H groups in total. The van der Waals surface area contributed by atoms with E-state index in [1.807, 2.05) is 30.3 Å². The molecule has 0 aliphatic heterocycles. The zero-order valence-electron chi connectivity index (χ0n) is 37.5. The Morgan fingerprint density at radius 1 is 0.738 bits per heavy atom. The molecule has 2 fully saturated rings. The zero-order valence-corrected chi connectivity index (χ0v) is 40.6. The first kappa shape index (κ1) is 58.5. The van der Waals surface area contributed by atoms with Crippen molar-refractivity contribution in [2.45, 2.75) is 103 Å². The number of allylic oxidation sites excluding steroid dienone is 2. The third-order valence-corrected chi connectivity index (χ3v) is 8.01. The molecule has 1 amide bonds. The number of methoxy groups -OCH3 is 3. The van der Waals surface area contributed by atoms with Crippen molar-refractivity contribution in [2.75, 3.05) is 38.5 Å². The van der Waals surface area contributed by atoms with Crippen LogP contribution < -0.4 is 11.1 Å². The molecule has 18 heteroatoms. The van der Waals surface area contributed by atoms with Gasteiger partial charge in [-0.1, -0.05) is 86.5 Å². The highest BCUT2D eigenvalue weighted by Crippen LogP contribution is 2.45. The van der Waals surface area contributed by atoms with Crippen molar-refractivity contribution in [1.82, 2.24) is 5.32 Å². The molecule has 344 valence electrons. The maximum absolute atomic E-state index is 11.6. The van der Waals surface area contributed by atoms with Gasteiger partial charge in [-0.05, 0) is 80.7 Å². The van der Waals surface area contributed by atoms with Gasteiger partial charge in [-0.2, -0.15) is 0 Å². The zero-order chi connectivity index (χ0) is 47.7. The molecule has 0 radical (unpaired) electrons. The predicted molar refractivity (Wildman–Crippen MR) is 241 cm³/mol. The van der Waals surface area contributed by atoms with Gasteiger partial charge in [0.05, 0.1) is 21.3 Å². The summed E-state index contributed by atoms with van der Waals surface area (Å²) in [7, 11) is 3.98. The number of rotatable bonds is 10. The van der Waals surface area contributed by atoms with Crippen LogP contribution in [0.3, 0.4) is 0 Å². The van der Waals surface area contributed by atoms with Gasteiger partial charge < -0.3 is 44.2 Å². The summed E-state index contributed by atoms with van der Waals surface area (Å²) in [5.74, 6) is -1.11. The molecule has 4 unspecified atom stereocenters. The summed E-state index contributed by atoms with van der Waals surface area (Å²) in [5, 5.41) is 4.48. The van der Waals surface area contributed by atoms with Crippen molar-refractivity contribution in [3.05, 3.63) is 73.4 Å². The fourth-order valence-electron chi connectivity index (χ4n) is 4.26. The van der Waals surface area contributed by atoms with E-state index in [-0.39, 0.29) is 30.3 Å². The van der Waals surface area contributed by atoms with Crippen LogP contribution in [0.25, 0.3) is 0 Å². The molecule has 1 aromatic rings. The number of esters is 3. The number of carbonyl (C=O) groups excluding carboxylic acids is 6. The number of nitrogens with one attached hydrogen (secondary N) is 1. The van der Waals surface area contributed by atoms with Crippen LogP contribution in [0.1, 0.15) is 80.7 Å². The maximum atomic E-state index is 11.6. The van der Waals surface area contributed by atoms with Crippen molar-refractivity contribution in [1.29, 1.82) is 0 Å². The molecule has 3 rings (SSSR count). The minimum absolute atomic E-state index is 0.0748. The number of amides is 1. The van der Waals surface area contributed by atoms with Crippen molar-refractivity contribution in [3.63, 3.8) is 0 Å². The monoisotopic (exact) mass is 989 g/mol. The smallest absolute Gasteiger partial charge is 0.468 e. The third-order valence-electron chi connectivity index (χ3n) is 7.26. The van der Waals surface area contributed by atoms with Crippen LogP contribution in [0.2, 0.25) is 0 Å². The van der Waals surface area contributed by atoms with Gasteiger partial charge in [-0.15, -0.1) is 13.2 Å². The van der Waals surface area contributed by atoms with E-state index in [9.17, 15) is 28.8 Å². The molecule has 1 aromatic carbocycles. The van der Waals surface area contributed by atoms with E-state index in [0.29, 0.717) is 12.8 Å². The number of carbonyl (C=O) groups is 6. The van der Waals surface area contributed by atoms with Crippen LogP contribution in [0.4, 0.5) is 14.4 Å². The number of nitrogens with zero attached hydrogens (tertiary/aromatic N) is 1. The summed E-state index contributed by atoms with van der Waals surface area (Å²) < 4.78 is 32.5. The molecule has 2 aliphatic carbocycles. The van der Waals surface area contributed by atoms with Crippen LogP contribution in [-0.4, -0.2) is 109 Å². The topological polar surface area (TPSA) is 217 Å². The quantitative estimate of drug-likeness (QED) is 0.0565. The molecule has 0 heterocycles. The lowest BCUT2D eigenvalue weighted by molar-refractivity contribution is -0.145. The normalized spacial score (nSPS) is 19.7. The van der Waals surface area contributed by atoms with E-state index in [1.54, 1.807) is 80.7 Å². The second-order valence-corrected chi connectivity index (χ2v) is 17.3. The Hall–Kier alpha value is -4.55. The summed E-state index contributed by atoms with van der Waals surface area (Å²) in [6.45, 7) is 22.5. The molecule has 61 heavy (non-hydrogen) atoms. The minimum Gasteiger partial charge on any atom is -0.468 e. The SMILES string of the molecule is BrC/C=C/CBr.C=CC1CC1(N)C(=O)OC.C=CC1CC1(NC(=O)OC(C)(C)C)C(=O)OC.CC(C)(C)OC(=O)OC(=O)OC(C)(C)C.COC(=O)CN=Cc1ccccc1. The highest BCUT2D eigenvalue weighted by molar-refractivity contribution is 9.09. The Kier molecular flexibility index (Phi) is 27.0. The van der Waals surface area contributed by atoms with Crippen molar-refractivity contribution < 1.29 is 61.9 Å². The first-order chi connectivity index (χ1) is 28.1. The molecule has 0 spiro atoms. The highest BCUT2D eigenvalue weighted by Gasteiger charge is 2.61. The summed E-state index contributed by atoms with van der Waals surface area (Å²) in [6.07, 6.45) is 7.51. The lowest BCUT2D eigenvalue weighted by Crippen LogP contribution is -2.47. The second-order valence-electron chi connectivity index (χ2n) is 16.0. The molecule has 0 saturated heterocycles. The fourth-order valence-corrected chi connectivity index (χ4v) is 4.79. The largest absolute Gasteiger partial charge is 0.519 e. The average Bonchev–Trinajstić information content (AvgIpc) is 4.06. The Bertz CT molecular complexity index is 1600. The maximum Gasteiger partial charge on any atom is 0.519 e. The van der Waals surface area contributed by atoms with E-state index in [0.717, 1.165) is 16.2 Å². The molecule has 0 bridgehead atoms. The number of hydrogen-bond donors (Lipinski definition) is 2. The molecule has 4 atom stereocenters. The Morgan fingerprint density at radius 3 is 1.54 bits per heavy atom. The average molecular weight is 992 g/mol. The second kappa shape index (κ2) is 28.1. The van der Waals surface area contributed by atoms with Crippen LogP contribution in [0.15, 0.2) is 72.8 Å². The number of alkyl halides is 2. The molecule has 2 aliphatic rings. The number of hydrogen-bond acceptors (Lipinski definition) is 15. The Labute approximate surface area is 377 Å². The van der Waals surface area contributed by atoms with Crippen molar-refractivity contribution in [3.8, 4) is 0 Å². The number of nitrogens with two attached hydrogens (primary N) is 1. The third kappa shape index (κ3) is 27.1. The van der Waals surface area contributed by atoms with Crippen molar-refractivity contribution in [2.24, 2.45) is 22.6 Å². The van der Waals surface area contributed by atoms with Gasteiger partial charge in [0.1, 0.15) is 34.4 Å². The lowest BCUT2D eigenvalue weighted by atomic mass is 10.2. The molecule has 16 nitrogen and oxygen atoms in total. The number of alkyl carbamates (subject to hydrolysis) is 1. The standard InChI is InChI=1S/C12H19NO4.C10H11NO2.C10H18O5.C7H11NO2.C4H6Br2/c1-6-8-7-12(8,9(14)16-5)13-10(15)17-11(2,3)4;1-13-10(12)8-11-7-9-5-3-2-4-6-9;1-9(2,3)14-7(11)13-8(12)15-10(4,5)6;1-3-5-4-7(5,8)6(9)10-2;5-3-1-2-4-6/h6,8H,1,7H2,2-5H3,(H,13,15);2-7H,8H2,1H3;1-6H3;3,5H,1,4,8H2,2H3;1-2H,3-4H2/b;;;;2-1+. The van der Waals surface area contributed by atoms with Gasteiger partial charge in [-0.3, -0.25) is 14.6 Å². The van der Waals surface area contributed by atoms with Gasteiger partial charge in [0.25, 0.3) is 0 Å².